The number of thiazole rings is 1. The van der Waals surface area contributed by atoms with Gasteiger partial charge in [-0.05, 0) is 19.4 Å². The van der Waals surface area contributed by atoms with Gasteiger partial charge in [-0.25, -0.2) is 4.98 Å². The van der Waals surface area contributed by atoms with Crippen molar-refractivity contribution in [3.05, 3.63) is 33.5 Å². The van der Waals surface area contributed by atoms with Crippen LogP contribution in [0.4, 0.5) is 0 Å². The quantitative estimate of drug-likeness (QED) is 0.904. The van der Waals surface area contributed by atoms with Crippen LogP contribution in [0.2, 0.25) is 0 Å². The molecule has 0 aliphatic rings. The summed E-state index contributed by atoms with van der Waals surface area (Å²) in [5, 5.41) is 15.5. The maximum atomic E-state index is 10.1. The van der Waals surface area contributed by atoms with E-state index in [4.69, 9.17) is 0 Å². The van der Waals surface area contributed by atoms with Gasteiger partial charge in [0.05, 0.1) is 21.7 Å². The Morgan fingerprint density at radius 2 is 2.29 bits per heavy atom. The highest BCUT2D eigenvalue weighted by atomic mass is 32.1. The van der Waals surface area contributed by atoms with Crippen LogP contribution in [0, 0.1) is 6.92 Å². The Balaban J connectivity index is 2.12. The van der Waals surface area contributed by atoms with Crippen molar-refractivity contribution in [3.63, 3.8) is 0 Å². The molecule has 0 bridgehead atoms. The fraction of sp³-hybridized carbons (Fsp3) is 0.500. The molecule has 4 nitrogen and oxygen atoms in total. The molecule has 0 spiro atoms. The fourth-order valence-electron chi connectivity index (χ4n) is 1.77. The van der Waals surface area contributed by atoms with E-state index in [2.05, 4.69) is 23.1 Å². The molecule has 2 aromatic rings. The first kappa shape index (κ1) is 12.3. The SMILES string of the molecule is CCc1cc(CC(O)c2cnc(C)s2)n(C)n1. The van der Waals surface area contributed by atoms with Crippen LogP contribution in [0.15, 0.2) is 12.3 Å². The van der Waals surface area contributed by atoms with Crippen molar-refractivity contribution in [3.8, 4) is 0 Å². The lowest BCUT2D eigenvalue weighted by Crippen LogP contribution is -2.05. The summed E-state index contributed by atoms with van der Waals surface area (Å²) in [6.45, 7) is 4.02. The monoisotopic (exact) mass is 251 g/mol. The fourth-order valence-corrected chi connectivity index (χ4v) is 2.54. The highest BCUT2D eigenvalue weighted by Gasteiger charge is 2.14. The molecule has 1 unspecified atom stereocenters. The highest BCUT2D eigenvalue weighted by molar-refractivity contribution is 7.11. The molecule has 2 aromatic heterocycles. The summed E-state index contributed by atoms with van der Waals surface area (Å²) in [7, 11) is 1.92. The van der Waals surface area contributed by atoms with E-state index in [0.717, 1.165) is 27.7 Å². The molecule has 1 N–H and O–H groups in total. The summed E-state index contributed by atoms with van der Waals surface area (Å²) in [6, 6.07) is 2.05. The van der Waals surface area contributed by atoms with E-state index in [1.54, 1.807) is 17.5 Å². The Kier molecular flexibility index (Phi) is 3.59. The van der Waals surface area contributed by atoms with Gasteiger partial charge in [0.1, 0.15) is 0 Å². The van der Waals surface area contributed by atoms with Gasteiger partial charge in [0.15, 0.2) is 0 Å². The number of nitrogens with zero attached hydrogens (tertiary/aromatic N) is 3. The van der Waals surface area contributed by atoms with E-state index in [1.807, 2.05) is 18.7 Å². The third-order valence-electron chi connectivity index (χ3n) is 2.76. The topological polar surface area (TPSA) is 50.9 Å². The van der Waals surface area contributed by atoms with Gasteiger partial charge in [-0.3, -0.25) is 4.68 Å². The van der Waals surface area contributed by atoms with E-state index in [-0.39, 0.29) is 0 Å². The van der Waals surface area contributed by atoms with Gasteiger partial charge in [0.2, 0.25) is 0 Å². The molecular formula is C12H17N3OS. The van der Waals surface area contributed by atoms with E-state index < -0.39 is 6.10 Å². The second kappa shape index (κ2) is 4.98. The van der Waals surface area contributed by atoms with Crippen LogP contribution < -0.4 is 0 Å². The summed E-state index contributed by atoms with van der Waals surface area (Å²) in [5.74, 6) is 0. The highest BCUT2D eigenvalue weighted by Crippen LogP contribution is 2.23. The summed E-state index contributed by atoms with van der Waals surface area (Å²) in [5.41, 5.74) is 2.12. The Morgan fingerprint density at radius 1 is 1.53 bits per heavy atom. The van der Waals surface area contributed by atoms with Crippen LogP contribution in [0.5, 0.6) is 0 Å². The third kappa shape index (κ3) is 2.73. The molecule has 0 amide bonds. The van der Waals surface area contributed by atoms with Gasteiger partial charge < -0.3 is 5.11 Å². The number of aliphatic hydroxyl groups excluding tert-OH is 1. The van der Waals surface area contributed by atoms with Gasteiger partial charge in [-0.15, -0.1) is 11.3 Å². The van der Waals surface area contributed by atoms with Crippen molar-refractivity contribution in [2.24, 2.45) is 7.05 Å². The summed E-state index contributed by atoms with van der Waals surface area (Å²) in [6.07, 6.45) is 2.78. The molecule has 0 fully saturated rings. The first-order valence-electron chi connectivity index (χ1n) is 5.72. The molecule has 0 radical (unpaired) electrons. The molecule has 0 aromatic carbocycles. The first-order chi connectivity index (χ1) is 8.10. The average molecular weight is 251 g/mol. The number of rotatable bonds is 4. The van der Waals surface area contributed by atoms with Crippen molar-refractivity contribution < 1.29 is 5.11 Å². The van der Waals surface area contributed by atoms with Crippen LogP contribution in [0.1, 0.15) is 34.3 Å². The van der Waals surface area contributed by atoms with Gasteiger partial charge in [-0.2, -0.15) is 5.10 Å². The van der Waals surface area contributed by atoms with Gasteiger partial charge >= 0.3 is 0 Å². The maximum Gasteiger partial charge on any atom is 0.0953 e. The summed E-state index contributed by atoms with van der Waals surface area (Å²) < 4.78 is 1.84. The zero-order chi connectivity index (χ0) is 12.4. The molecule has 2 rings (SSSR count). The Hall–Kier alpha value is -1.20. The molecule has 1 atom stereocenters. The smallest absolute Gasteiger partial charge is 0.0953 e. The molecule has 92 valence electrons. The third-order valence-corrected chi connectivity index (χ3v) is 3.77. The normalized spacial score (nSPS) is 12.9. The number of aryl methyl sites for hydroxylation is 3. The van der Waals surface area contributed by atoms with Gasteiger partial charge in [0.25, 0.3) is 0 Å². The van der Waals surface area contributed by atoms with Crippen LogP contribution in [0.3, 0.4) is 0 Å². The predicted molar refractivity (Wildman–Crippen MR) is 68.1 cm³/mol. The summed E-state index contributed by atoms with van der Waals surface area (Å²) in [4.78, 5) is 5.08. The van der Waals surface area contributed by atoms with Crippen LogP contribution in [-0.2, 0) is 19.9 Å². The van der Waals surface area contributed by atoms with Crippen molar-refractivity contribution in [1.29, 1.82) is 0 Å². The minimum absolute atomic E-state index is 0.485. The standard InChI is InChI=1S/C12H17N3OS/c1-4-9-5-10(15(3)14-9)6-11(16)12-7-13-8(2)17-12/h5,7,11,16H,4,6H2,1-3H3. The largest absolute Gasteiger partial charge is 0.387 e. The molecule has 0 saturated carbocycles. The van der Waals surface area contributed by atoms with E-state index in [0.29, 0.717) is 6.42 Å². The van der Waals surface area contributed by atoms with Crippen LogP contribution in [-0.4, -0.2) is 19.9 Å². The van der Waals surface area contributed by atoms with Gasteiger partial charge in [-0.1, -0.05) is 6.92 Å². The lowest BCUT2D eigenvalue weighted by atomic mass is 10.1. The van der Waals surface area contributed by atoms with E-state index in [9.17, 15) is 5.11 Å². The number of hydrogen-bond acceptors (Lipinski definition) is 4. The molecule has 17 heavy (non-hydrogen) atoms. The maximum absolute atomic E-state index is 10.1. The lowest BCUT2D eigenvalue weighted by Gasteiger charge is -2.07. The molecule has 0 saturated heterocycles. The van der Waals surface area contributed by atoms with Crippen molar-refractivity contribution >= 4 is 11.3 Å². The number of hydrogen-bond donors (Lipinski definition) is 1. The molecule has 0 aliphatic carbocycles. The first-order valence-corrected chi connectivity index (χ1v) is 6.54. The van der Waals surface area contributed by atoms with Gasteiger partial charge in [0, 0.05) is 25.4 Å². The molecular weight excluding hydrogens is 234 g/mol. The van der Waals surface area contributed by atoms with Crippen LogP contribution >= 0.6 is 11.3 Å². The second-order valence-electron chi connectivity index (χ2n) is 4.11. The van der Waals surface area contributed by atoms with E-state index >= 15 is 0 Å². The Labute approximate surface area is 105 Å². The van der Waals surface area contributed by atoms with Crippen molar-refractivity contribution in [2.75, 3.05) is 0 Å². The summed E-state index contributed by atoms with van der Waals surface area (Å²) >= 11 is 1.54. The molecule has 0 aliphatic heterocycles. The van der Waals surface area contributed by atoms with Crippen LogP contribution in [0.25, 0.3) is 0 Å². The molecule has 2 heterocycles. The van der Waals surface area contributed by atoms with E-state index in [1.165, 1.54) is 0 Å². The zero-order valence-electron chi connectivity index (χ0n) is 10.3. The lowest BCUT2D eigenvalue weighted by molar-refractivity contribution is 0.179. The Morgan fingerprint density at radius 3 is 2.82 bits per heavy atom. The Bertz CT molecular complexity index is 504. The predicted octanol–water partition coefficient (Wildman–Crippen LogP) is 2.02. The minimum atomic E-state index is -0.485. The number of aliphatic hydroxyl groups is 1. The van der Waals surface area contributed by atoms with Crippen molar-refractivity contribution in [1.82, 2.24) is 14.8 Å². The number of aromatic nitrogens is 3. The minimum Gasteiger partial charge on any atom is -0.387 e. The average Bonchev–Trinajstić information content (AvgIpc) is 2.86. The van der Waals surface area contributed by atoms with Crippen molar-refractivity contribution in [2.45, 2.75) is 32.8 Å². The molecule has 5 heteroatoms. The second-order valence-corrected chi connectivity index (χ2v) is 5.37. The zero-order valence-corrected chi connectivity index (χ0v) is 11.2.